The fourth-order valence-electron chi connectivity index (χ4n) is 21.2. The van der Waals surface area contributed by atoms with Gasteiger partial charge >= 0.3 is 0 Å². The summed E-state index contributed by atoms with van der Waals surface area (Å²) < 4.78 is 8.97. The van der Waals surface area contributed by atoms with E-state index in [9.17, 15) is 0 Å². The van der Waals surface area contributed by atoms with Crippen molar-refractivity contribution in [3.63, 3.8) is 0 Å². The summed E-state index contributed by atoms with van der Waals surface area (Å²) in [6.07, 6.45) is 30.0. The minimum atomic E-state index is 0.125. The lowest BCUT2D eigenvalue weighted by atomic mass is 9.78. The molecular formula is C100H108N8+4. The Balaban J connectivity index is 0.000000105. The van der Waals surface area contributed by atoms with E-state index in [1.807, 2.05) is 0 Å². The zero-order valence-corrected chi connectivity index (χ0v) is 66.8. The molecule has 0 N–H and O–H groups in total. The van der Waals surface area contributed by atoms with E-state index >= 15 is 0 Å². The van der Waals surface area contributed by atoms with Crippen LogP contribution in [0.3, 0.4) is 0 Å². The Kier molecular flexibility index (Phi) is 18.0. The Labute approximate surface area is 642 Å². The molecule has 20 rings (SSSR count). The van der Waals surface area contributed by atoms with Crippen molar-refractivity contribution in [2.45, 2.75) is 207 Å². The van der Waals surface area contributed by atoms with Gasteiger partial charge in [0.2, 0.25) is 22.8 Å². The van der Waals surface area contributed by atoms with Crippen LogP contribution < -0.4 is 18.3 Å². The maximum Gasteiger partial charge on any atom is 0.212 e. The molecule has 8 heterocycles. The van der Waals surface area contributed by atoms with Crippen molar-refractivity contribution in [1.82, 2.24) is 19.9 Å². The van der Waals surface area contributed by atoms with Crippen LogP contribution in [0, 0.1) is 69.2 Å². The highest BCUT2D eigenvalue weighted by Crippen LogP contribution is 2.61. The highest BCUT2D eigenvalue weighted by atomic mass is 14.9. The summed E-state index contributed by atoms with van der Waals surface area (Å²) in [6.45, 7) is 24.1. The average molecular weight is 1420 g/mol. The molecular weight excluding hydrogens is 1310 g/mol. The van der Waals surface area contributed by atoms with E-state index in [1.165, 1.54) is 276 Å². The Morgan fingerprint density at radius 2 is 0.546 bits per heavy atom. The molecule has 8 heteroatoms. The lowest BCUT2D eigenvalue weighted by molar-refractivity contribution is -0.660. The first-order chi connectivity index (χ1) is 52.1. The topological polar surface area (TPSA) is 67.1 Å². The standard InChI is InChI=1S/C26H29N2.2C25H27N2.C24H25N2/c1-5-19-10-13-28(4)24(15-19)21-16-23-22(14-17(21)2)20-9-8-18(3)27-25(20)26(23)11-6-7-12-26;2*1-16-9-12-27(4)23(13-16)20-15-22-21(14-17(20)2)19-8-7-18(3)26-24(19)25(22)10-5-6-11-25;1-16-14-20-18-10-9-17(2)25-23(18)24(11-5-6-12-24)21(20)15-19(16)22-8-4-7-13-26(22)3/h8-10,13-16H,5-7,11-12H2,1-4H3;2*7-9,12-15H,5-6,10-11H2,1-4H3;4,7-10,13-15H,5-6,11-12H2,1-3H3/q4*+1. The van der Waals surface area contributed by atoms with E-state index in [0.717, 1.165) is 29.2 Å². The van der Waals surface area contributed by atoms with Gasteiger partial charge in [-0.05, 0) is 265 Å². The molecule has 0 saturated heterocycles. The summed E-state index contributed by atoms with van der Waals surface area (Å²) in [5.74, 6) is 0. The summed E-state index contributed by atoms with van der Waals surface area (Å²) in [5, 5.41) is 0. The second kappa shape index (κ2) is 27.3. The third kappa shape index (κ3) is 11.6. The number of aromatic nitrogens is 8. The van der Waals surface area contributed by atoms with Crippen LogP contribution in [0.1, 0.15) is 216 Å². The zero-order chi connectivity index (χ0) is 74.9. The average Bonchev–Trinajstić information content (AvgIpc) is 1.57. The number of hydrogen-bond acceptors (Lipinski definition) is 4. The number of hydrogen-bond donors (Lipinski definition) is 0. The first-order valence-corrected chi connectivity index (χ1v) is 40.5. The molecule has 4 spiro atoms. The second-order valence-corrected chi connectivity index (χ2v) is 33.9. The molecule has 0 atom stereocenters. The van der Waals surface area contributed by atoms with Crippen molar-refractivity contribution in [2.24, 2.45) is 28.2 Å². The highest BCUT2D eigenvalue weighted by molar-refractivity contribution is 5.88. The van der Waals surface area contributed by atoms with Crippen LogP contribution in [0.5, 0.6) is 0 Å². The Morgan fingerprint density at radius 3 is 0.843 bits per heavy atom. The molecule has 4 saturated carbocycles. The Bertz CT molecular complexity index is 5470. The molecule has 108 heavy (non-hydrogen) atoms. The molecule has 0 bridgehead atoms. The molecule has 544 valence electrons. The van der Waals surface area contributed by atoms with Crippen molar-refractivity contribution < 1.29 is 18.3 Å². The summed E-state index contributed by atoms with van der Waals surface area (Å²) in [7, 11) is 8.58. The van der Waals surface area contributed by atoms with Crippen LogP contribution in [-0.2, 0) is 56.3 Å². The van der Waals surface area contributed by atoms with E-state index in [-0.39, 0.29) is 21.7 Å². The van der Waals surface area contributed by atoms with Gasteiger partial charge in [-0.3, -0.25) is 19.9 Å². The third-order valence-electron chi connectivity index (χ3n) is 26.9. The molecule has 0 aliphatic heterocycles. The monoisotopic (exact) mass is 1420 g/mol. The molecule has 0 radical (unpaired) electrons. The summed E-state index contributed by atoms with van der Waals surface area (Å²) in [5.41, 5.74) is 47.5. The predicted molar refractivity (Wildman–Crippen MR) is 439 cm³/mol. The molecule has 4 fully saturated rings. The second-order valence-electron chi connectivity index (χ2n) is 33.9. The van der Waals surface area contributed by atoms with Crippen LogP contribution in [0.25, 0.3) is 89.5 Å². The highest BCUT2D eigenvalue weighted by Gasteiger charge is 2.51. The van der Waals surface area contributed by atoms with Gasteiger partial charge in [0, 0.05) is 137 Å². The molecule has 8 nitrogen and oxygen atoms in total. The fourth-order valence-corrected chi connectivity index (χ4v) is 21.2. The van der Waals surface area contributed by atoms with Crippen LogP contribution >= 0.6 is 0 Å². The van der Waals surface area contributed by atoms with Gasteiger partial charge < -0.3 is 0 Å². The number of fused-ring (bicyclic) bond motifs is 20. The Hall–Kier alpha value is -9.92. The summed E-state index contributed by atoms with van der Waals surface area (Å²) in [4.78, 5) is 20.2. The van der Waals surface area contributed by atoms with E-state index in [0.29, 0.717) is 0 Å². The minimum Gasteiger partial charge on any atom is -0.257 e. The smallest absolute Gasteiger partial charge is 0.212 e. The van der Waals surface area contributed by atoms with Gasteiger partial charge in [0.05, 0.1) is 22.8 Å². The van der Waals surface area contributed by atoms with Crippen LogP contribution in [0.15, 0.2) is 176 Å². The largest absolute Gasteiger partial charge is 0.257 e. The lowest BCUT2D eigenvalue weighted by Crippen LogP contribution is -2.31. The number of nitrogens with zero attached hydrogens (tertiary/aromatic N) is 8. The zero-order valence-electron chi connectivity index (χ0n) is 66.8. The molecule has 8 aliphatic carbocycles. The van der Waals surface area contributed by atoms with Crippen molar-refractivity contribution in [1.29, 1.82) is 0 Å². The quantitative estimate of drug-likeness (QED) is 0.161. The summed E-state index contributed by atoms with van der Waals surface area (Å²) in [6, 6.07) is 57.5. The summed E-state index contributed by atoms with van der Waals surface area (Å²) >= 11 is 0. The fraction of sp³-hybridized carbons (Fsp3) is 0.360. The first kappa shape index (κ1) is 71.0. The van der Waals surface area contributed by atoms with E-state index in [2.05, 4.69) is 299 Å². The molecule has 8 aliphatic rings. The first-order valence-electron chi connectivity index (χ1n) is 40.5. The molecule has 12 aromatic rings. The van der Waals surface area contributed by atoms with Crippen molar-refractivity contribution >= 4 is 0 Å². The normalized spacial score (nSPS) is 16.6. The van der Waals surface area contributed by atoms with E-state index < -0.39 is 0 Å². The van der Waals surface area contributed by atoms with E-state index in [1.54, 1.807) is 0 Å². The maximum absolute atomic E-state index is 5.08. The number of rotatable bonds is 5. The van der Waals surface area contributed by atoms with Crippen molar-refractivity contribution in [2.75, 3.05) is 0 Å². The number of aryl methyl sites for hydroxylation is 15. The predicted octanol–water partition coefficient (Wildman–Crippen LogP) is 21.3. The number of pyridine rings is 8. The maximum atomic E-state index is 5.08. The van der Waals surface area contributed by atoms with Gasteiger partial charge in [-0.2, -0.15) is 0 Å². The SMILES string of the molecule is CCc1cc[n+](C)c(-c2cc3c(cc2C)-c2ccc(C)nc2C32CCCC2)c1.Cc1cc[n+](C)c(-c2cc3c(cc2C)-c2ccc(C)nc2C32CCCC2)c1.Cc1cc[n+](C)c(-c2cc3c(cc2C)-c2ccc(C)nc2C32CCCC2)c1.Cc1ccc2c(n1)C1(CCCC1)c1cc(-c3cccc[n+]3C)c(C)cc1-2. The Morgan fingerprint density at radius 1 is 0.269 bits per heavy atom. The molecule has 8 aromatic heterocycles. The molecule has 0 amide bonds. The minimum absolute atomic E-state index is 0.125. The van der Waals surface area contributed by atoms with Gasteiger partial charge in [-0.15, -0.1) is 0 Å². The lowest BCUT2D eigenvalue weighted by Gasteiger charge is -2.26. The van der Waals surface area contributed by atoms with E-state index in [4.69, 9.17) is 19.9 Å². The van der Waals surface area contributed by atoms with Crippen LogP contribution in [-0.4, -0.2) is 19.9 Å². The van der Waals surface area contributed by atoms with Gasteiger partial charge in [0.1, 0.15) is 28.2 Å². The number of benzene rings is 4. The van der Waals surface area contributed by atoms with Gasteiger partial charge in [0.15, 0.2) is 24.8 Å². The van der Waals surface area contributed by atoms with Gasteiger partial charge in [-0.1, -0.05) is 107 Å². The third-order valence-corrected chi connectivity index (χ3v) is 26.9. The van der Waals surface area contributed by atoms with Gasteiger partial charge in [0.25, 0.3) is 0 Å². The molecule has 0 unspecified atom stereocenters. The van der Waals surface area contributed by atoms with Crippen molar-refractivity contribution in [3.05, 3.63) is 283 Å². The van der Waals surface area contributed by atoms with Crippen LogP contribution in [0.2, 0.25) is 0 Å². The van der Waals surface area contributed by atoms with Gasteiger partial charge in [-0.25, -0.2) is 18.3 Å². The molecule has 4 aromatic carbocycles. The van der Waals surface area contributed by atoms with Crippen molar-refractivity contribution in [3.8, 4) is 89.5 Å². The van der Waals surface area contributed by atoms with Crippen LogP contribution in [0.4, 0.5) is 0 Å².